The summed E-state index contributed by atoms with van der Waals surface area (Å²) in [6, 6.07) is 9.19. The van der Waals surface area contributed by atoms with Crippen molar-refractivity contribution in [2.24, 2.45) is 0 Å². The van der Waals surface area contributed by atoms with Crippen LogP contribution >= 0.6 is 0 Å². The zero-order valence-electron chi connectivity index (χ0n) is 5.36. The van der Waals surface area contributed by atoms with E-state index in [0.29, 0.717) is 0 Å². The standard InChI is InChI=1S/C7H8O2Se/c8-10(9)6-7-4-2-1-3-5-7/h1-5,10H,6H2. The molecule has 0 aromatic heterocycles. The summed E-state index contributed by atoms with van der Waals surface area (Å²) >= 11 is -2.96. The van der Waals surface area contributed by atoms with Crippen molar-refractivity contribution in [3.8, 4) is 0 Å². The molecule has 0 saturated heterocycles. The first kappa shape index (κ1) is 7.45. The Labute approximate surface area is 63.2 Å². The maximum atomic E-state index is 10.3. The van der Waals surface area contributed by atoms with Crippen LogP contribution in [0.3, 0.4) is 0 Å². The molecule has 1 aromatic rings. The Morgan fingerprint density at radius 3 is 2.20 bits per heavy atom. The summed E-state index contributed by atoms with van der Waals surface area (Å²) in [5.41, 5.74) is 0.882. The zero-order chi connectivity index (χ0) is 7.40. The van der Waals surface area contributed by atoms with Gasteiger partial charge in [0.15, 0.2) is 0 Å². The van der Waals surface area contributed by atoms with E-state index in [0.717, 1.165) is 5.56 Å². The molecule has 10 heavy (non-hydrogen) atoms. The molecule has 0 amide bonds. The van der Waals surface area contributed by atoms with Crippen LogP contribution in [0.5, 0.6) is 0 Å². The maximum absolute atomic E-state index is 10.3. The predicted octanol–water partition coefficient (Wildman–Crippen LogP) is 0.850. The molecule has 0 aliphatic heterocycles. The van der Waals surface area contributed by atoms with E-state index >= 15 is 0 Å². The second-order valence-electron chi connectivity index (χ2n) is 1.98. The normalized spacial score (nSPS) is 10.1. The molecule has 0 saturated carbocycles. The van der Waals surface area contributed by atoms with Gasteiger partial charge in [-0.2, -0.15) is 0 Å². The van der Waals surface area contributed by atoms with Crippen LogP contribution in [0.4, 0.5) is 0 Å². The molecule has 0 aliphatic carbocycles. The molecule has 0 unspecified atom stereocenters. The topological polar surface area (TPSA) is 34.1 Å². The molecule has 0 radical (unpaired) electrons. The second-order valence-corrected chi connectivity index (χ2v) is 4.04. The van der Waals surface area contributed by atoms with Gasteiger partial charge in [0.1, 0.15) is 0 Å². The van der Waals surface area contributed by atoms with Gasteiger partial charge in [-0.1, -0.05) is 0 Å². The Balaban J connectivity index is 2.77. The van der Waals surface area contributed by atoms with E-state index < -0.39 is 13.8 Å². The third kappa shape index (κ3) is 2.29. The Morgan fingerprint density at radius 2 is 1.70 bits per heavy atom. The number of hydrogen-bond acceptors (Lipinski definition) is 2. The summed E-state index contributed by atoms with van der Waals surface area (Å²) in [5.74, 6) is 0. The van der Waals surface area contributed by atoms with E-state index in [-0.39, 0.29) is 5.32 Å². The van der Waals surface area contributed by atoms with E-state index in [1.165, 1.54) is 0 Å². The van der Waals surface area contributed by atoms with Gasteiger partial charge >= 0.3 is 62.6 Å². The summed E-state index contributed by atoms with van der Waals surface area (Å²) in [7, 11) is 0. The van der Waals surface area contributed by atoms with Gasteiger partial charge in [0, 0.05) is 0 Å². The van der Waals surface area contributed by atoms with Crippen molar-refractivity contribution in [2.75, 3.05) is 0 Å². The van der Waals surface area contributed by atoms with Crippen LogP contribution in [0.1, 0.15) is 5.56 Å². The molecule has 0 heterocycles. The SMILES string of the molecule is O=[SeH](=O)Cc1ccccc1. The molecular weight excluding hydrogens is 195 g/mol. The van der Waals surface area contributed by atoms with Crippen LogP contribution in [0.2, 0.25) is 0 Å². The Morgan fingerprint density at radius 1 is 1.10 bits per heavy atom. The second kappa shape index (κ2) is 3.49. The Kier molecular flexibility index (Phi) is 2.60. The van der Waals surface area contributed by atoms with Gasteiger partial charge in [0.2, 0.25) is 0 Å². The molecule has 1 rings (SSSR count). The zero-order valence-corrected chi connectivity index (χ0v) is 7.23. The molecular formula is C7H8O2Se. The van der Waals surface area contributed by atoms with E-state index in [2.05, 4.69) is 0 Å². The number of rotatable bonds is 2. The minimum atomic E-state index is -2.96. The molecule has 0 spiro atoms. The summed E-state index contributed by atoms with van der Waals surface area (Å²) < 4.78 is 20.6. The molecule has 2 nitrogen and oxygen atoms in total. The molecule has 0 fully saturated rings. The van der Waals surface area contributed by atoms with Crippen LogP contribution in [0, 0.1) is 0 Å². The van der Waals surface area contributed by atoms with Gasteiger partial charge in [-0.15, -0.1) is 0 Å². The van der Waals surface area contributed by atoms with Crippen molar-refractivity contribution in [1.29, 1.82) is 0 Å². The van der Waals surface area contributed by atoms with Crippen molar-refractivity contribution >= 4 is 13.8 Å². The average Bonchev–Trinajstić information content (AvgIpc) is 1.88. The molecule has 54 valence electrons. The Bertz CT molecular complexity index is 256. The van der Waals surface area contributed by atoms with Gasteiger partial charge in [0.25, 0.3) is 0 Å². The van der Waals surface area contributed by atoms with Crippen molar-refractivity contribution in [3.05, 3.63) is 35.9 Å². The van der Waals surface area contributed by atoms with E-state index in [1.54, 1.807) is 0 Å². The molecule has 0 atom stereocenters. The van der Waals surface area contributed by atoms with Crippen LogP contribution in [0.25, 0.3) is 0 Å². The van der Waals surface area contributed by atoms with Crippen molar-refractivity contribution in [3.63, 3.8) is 0 Å². The van der Waals surface area contributed by atoms with Crippen molar-refractivity contribution < 1.29 is 7.67 Å². The monoisotopic (exact) mass is 204 g/mol. The number of benzene rings is 1. The van der Waals surface area contributed by atoms with Crippen LogP contribution < -0.4 is 0 Å². The fourth-order valence-corrected chi connectivity index (χ4v) is 1.80. The van der Waals surface area contributed by atoms with Gasteiger partial charge in [-0.25, -0.2) is 0 Å². The van der Waals surface area contributed by atoms with Gasteiger partial charge in [-0.05, 0) is 0 Å². The van der Waals surface area contributed by atoms with Gasteiger partial charge in [-0.3, -0.25) is 0 Å². The first-order valence-electron chi connectivity index (χ1n) is 2.95. The molecule has 0 aliphatic rings. The summed E-state index contributed by atoms with van der Waals surface area (Å²) in [4.78, 5) is 0. The third-order valence-electron chi connectivity index (χ3n) is 1.15. The summed E-state index contributed by atoms with van der Waals surface area (Å²) in [6.07, 6.45) is 0. The predicted molar refractivity (Wildman–Crippen MR) is 38.7 cm³/mol. The summed E-state index contributed by atoms with van der Waals surface area (Å²) in [5, 5.41) is 0.230. The molecule has 3 heteroatoms. The Hall–Kier alpha value is -0.661. The minimum absolute atomic E-state index is 0.230. The molecule has 0 N–H and O–H groups in total. The first-order valence-corrected chi connectivity index (χ1v) is 5.80. The molecule has 1 aromatic carbocycles. The van der Waals surface area contributed by atoms with Gasteiger partial charge < -0.3 is 0 Å². The van der Waals surface area contributed by atoms with Crippen molar-refractivity contribution in [2.45, 2.75) is 5.32 Å². The van der Waals surface area contributed by atoms with E-state index in [4.69, 9.17) is 0 Å². The van der Waals surface area contributed by atoms with E-state index in [9.17, 15) is 7.67 Å². The van der Waals surface area contributed by atoms with E-state index in [1.807, 2.05) is 30.3 Å². The fourth-order valence-electron chi connectivity index (χ4n) is 0.732. The van der Waals surface area contributed by atoms with Crippen LogP contribution in [-0.2, 0) is 13.0 Å². The molecule has 0 bridgehead atoms. The quantitative estimate of drug-likeness (QED) is 0.667. The first-order chi connectivity index (χ1) is 4.79. The third-order valence-corrected chi connectivity index (χ3v) is 2.46. The van der Waals surface area contributed by atoms with Gasteiger partial charge in [0.05, 0.1) is 0 Å². The fraction of sp³-hybridized carbons (Fsp3) is 0.143. The summed E-state index contributed by atoms with van der Waals surface area (Å²) in [6.45, 7) is 0. The van der Waals surface area contributed by atoms with Crippen LogP contribution in [-0.4, -0.2) is 13.8 Å². The number of hydrogen-bond donors (Lipinski definition) is 0. The van der Waals surface area contributed by atoms with Crippen LogP contribution in [0.15, 0.2) is 30.3 Å². The van der Waals surface area contributed by atoms with Crippen molar-refractivity contribution in [1.82, 2.24) is 0 Å². The average molecular weight is 203 g/mol.